The summed E-state index contributed by atoms with van der Waals surface area (Å²) in [6.45, 7) is 8.57. The van der Waals surface area contributed by atoms with Gasteiger partial charge in [-0.25, -0.2) is 0 Å². The average molecular weight is 610 g/mol. The number of hydrogen-bond donors (Lipinski definition) is 5. The summed E-state index contributed by atoms with van der Waals surface area (Å²) in [6, 6.07) is 23.1. The summed E-state index contributed by atoms with van der Waals surface area (Å²) < 4.78 is 0. The molecule has 0 aliphatic heterocycles. The zero-order valence-electron chi connectivity index (χ0n) is 27.3. The summed E-state index contributed by atoms with van der Waals surface area (Å²) >= 11 is 0. The number of aliphatic hydroxyl groups is 1. The second-order valence-electron chi connectivity index (χ2n) is 11.4. The number of likely N-dealkylation sites (N-methyl/N-ethyl adjacent to an activating group) is 1. The topological polar surface area (TPSA) is 108 Å². The Morgan fingerprint density at radius 3 is 1.84 bits per heavy atom. The molecule has 1 aliphatic rings. The zero-order valence-corrected chi connectivity index (χ0v) is 27.3. The smallest absolute Gasteiger partial charge is 0.423 e. The first-order valence-corrected chi connectivity index (χ1v) is 15.7. The highest BCUT2D eigenvalue weighted by molar-refractivity contribution is 6.59. The Morgan fingerprint density at radius 1 is 0.756 bits per heavy atom. The maximum atomic E-state index is 10.1. The minimum absolute atomic E-state index is 0.0501. The maximum Gasteiger partial charge on any atom is 0.488 e. The van der Waals surface area contributed by atoms with E-state index in [2.05, 4.69) is 41.0 Å². The van der Waals surface area contributed by atoms with Gasteiger partial charge in [0.05, 0.1) is 6.61 Å². The van der Waals surface area contributed by atoms with Crippen LogP contribution in [-0.2, 0) is 13.1 Å². The standard InChI is InChI=1S/C34H42B2N2O5.C2H6/c1-25-10-4-7-13-30(25)32(23-38(3)22-29-12-6-9-15-34(29)36(42)43)31-20-26(24-39)16-17-27(31)18-19-37(2)21-28-11-5-8-14-33(28)35(40)41;1-2/h4-17,20,27,39-43H,18-19,21-24H2,1-3H3;1-2H3/b32-31-;. The maximum absolute atomic E-state index is 10.1. The molecule has 7 nitrogen and oxygen atoms in total. The molecular weight excluding hydrogens is 562 g/mol. The third-order valence-electron chi connectivity index (χ3n) is 8.08. The molecule has 0 saturated heterocycles. The van der Waals surface area contributed by atoms with E-state index in [1.807, 2.05) is 76.5 Å². The van der Waals surface area contributed by atoms with Crippen molar-refractivity contribution in [2.75, 3.05) is 33.8 Å². The van der Waals surface area contributed by atoms with Crippen molar-refractivity contribution in [3.63, 3.8) is 0 Å². The van der Waals surface area contributed by atoms with Crippen LogP contribution >= 0.6 is 0 Å². The predicted octanol–water partition coefficient (Wildman–Crippen LogP) is 2.89. The van der Waals surface area contributed by atoms with Gasteiger partial charge in [-0.2, -0.15) is 0 Å². The van der Waals surface area contributed by atoms with Crippen LogP contribution in [0.4, 0.5) is 0 Å². The van der Waals surface area contributed by atoms with E-state index in [9.17, 15) is 25.2 Å². The predicted molar refractivity (Wildman–Crippen MR) is 187 cm³/mol. The summed E-state index contributed by atoms with van der Waals surface area (Å²) in [5, 5.41) is 49.5. The Bertz CT molecular complexity index is 1470. The van der Waals surface area contributed by atoms with Gasteiger partial charge in [0.2, 0.25) is 0 Å². The van der Waals surface area contributed by atoms with E-state index in [0.717, 1.165) is 46.4 Å². The molecule has 238 valence electrons. The SMILES string of the molecule is CC.Cc1ccccc1/C(CN(C)Cc1ccccc1B(O)O)=C1/C=C(CO)C=CC1CCN(C)Cc1ccccc1B(O)O. The number of rotatable bonds is 13. The Balaban J connectivity index is 0.00000271. The van der Waals surface area contributed by atoms with Crippen molar-refractivity contribution in [2.45, 2.75) is 40.3 Å². The lowest BCUT2D eigenvalue weighted by atomic mass is 9.77. The Labute approximate surface area is 269 Å². The van der Waals surface area contributed by atoms with Crippen LogP contribution < -0.4 is 10.9 Å². The Hall–Kier alpha value is -3.27. The molecule has 1 atom stereocenters. The van der Waals surface area contributed by atoms with Gasteiger partial charge in [-0.15, -0.1) is 0 Å². The summed E-state index contributed by atoms with van der Waals surface area (Å²) in [5.74, 6) is 0.103. The molecule has 3 aromatic carbocycles. The number of nitrogens with zero attached hydrogens (tertiary/aromatic N) is 2. The van der Waals surface area contributed by atoms with Crippen molar-refractivity contribution in [3.05, 3.63) is 124 Å². The highest BCUT2D eigenvalue weighted by Gasteiger charge is 2.23. The minimum atomic E-state index is -1.54. The number of aryl methyl sites for hydroxylation is 1. The largest absolute Gasteiger partial charge is 0.488 e. The molecule has 9 heteroatoms. The molecule has 0 heterocycles. The molecule has 1 aliphatic carbocycles. The molecule has 4 rings (SSSR count). The fraction of sp³-hybridized carbons (Fsp3) is 0.333. The summed E-state index contributed by atoms with van der Waals surface area (Å²) in [7, 11) is 1.02. The van der Waals surface area contributed by atoms with Crippen molar-refractivity contribution < 1.29 is 25.2 Å². The Morgan fingerprint density at radius 2 is 1.29 bits per heavy atom. The molecule has 1 unspecified atom stereocenters. The summed E-state index contributed by atoms with van der Waals surface area (Å²) in [4.78, 5) is 4.37. The second kappa shape index (κ2) is 18.0. The lowest BCUT2D eigenvalue weighted by Gasteiger charge is -2.29. The molecule has 0 amide bonds. The minimum Gasteiger partial charge on any atom is -0.423 e. The quantitative estimate of drug-likeness (QED) is 0.190. The fourth-order valence-electron chi connectivity index (χ4n) is 5.81. The van der Waals surface area contributed by atoms with Gasteiger partial charge in [0, 0.05) is 25.6 Å². The van der Waals surface area contributed by atoms with Crippen molar-refractivity contribution in [1.29, 1.82) is 0 Å². The number of aliphatic hydroxyl groups excluding tert-OH is 1. The fourth-order valence-corrected chi connectivity index (χ4v) is 5.81. The third kappa shape index (κ3) is 10.1. The van der Waals surface area contributed by atoms with Gasteiger partial charge in [-0.1, -0.05) is 105 Å². The molecule has 45 heavy (non-hydrogen) atoms. The summed E-state index contributed by atoms with van der Waals surface area (Å²) in [6.07, 6.45) is 7.13. The molecule has 0 saturated carbocycles. The van der Waals surface area contributed by atoms with Gasteiger partial charge in [0.1, 0.15) is 0 Å². The highest BCUT2D eigenvalue weighted by Crippen LogP contribution is 2.34. The molecule has 5 N–H and O–H groups in total. The number of benzene rings is 3. The first-order chi connectivity index (χ1) is 21.7. The molecule has 3 aromatic rings. The van der Waals surface area contributed by atoms with Gasteiger partial charge in [-0.3, -0.25) is 4.90 Å². The number of allylic oxidation sites excluding steroid dienone is 3. The zero-order chi connectivity index (χ0) is 32.9. The van der Waals surface area contributed by atoms with Gasteiger partial charge in [0.15, 0.2) is 0 Å². The van der Waals surface area contributed by atoms with Crippen LogP contribution in [0.25, 0.3) is 5.57 Å². The monoisotopic (exact) mass is 610 g/mol. The molecule has 0 spiro atoms. The molecular formula is C36H48B2N2O5. The molecule has 0 aromatic heterocycles. The van der Waals surface area contributed by atoms with Crippen LogP contribution in [0.15, 0.2) is 102 Å². The van der Waals surface area contributed by atoms with E-state index < -0.39 is 14.2 Å². The van der Waals surface area contributed by atoms with Crippen molar-refractivity contribution in [2.24, 2.45) is 5.92 Å². The van der Waals surface area contributed by atoms with Crippen LogP contribution in [0, 0.1) is 12.8 Å². The van der Waals surface area contributed by atoms with Crippen LogP contribution in [0.2, 0.25) is 0 Å². The lowest BCUT2D eigenvalue weighted by molar-refractivity contribution is 0.311. The van der Waals surface area contributed by atoms with E-state index in [1.54, 1.807) is 18.2 Å². The van der Waals surface area contributed by atoms with E-state index in [4.69, 9.17) is 0 Å². The van der Waals surface area contributed by atoms with Gasteiger partial charge in [0.25, 0.3) is 0 Å². The van der Waals surface area contributed by atoms with E-state index in [-0.39, 0.29) is 12.5 Å². The summed E-state index contributed by atoms with van der Waals surface area (Å²) in [5.41, 5.74) is 8.24. The van der Waals surface area contributed by atoms with Gasteiger partial charge >= 0.3 is 14.2 Å². The van der Waals surface area contributed by atoms with E-state index in [1.165, 1.54) is 5.57 Å². The number of hydrogen-bond acceptors (Lipinski definition) is 7. The van der Waals surface area contributed by atoms with E-state index in [0.29, 0.717) is 30.6 Å². The lowest BCUT2D eigenvalue weighted by Crippen LogP contribution is -2.35. The van der Waals surface area contributed by atoms with Crippen LogP contribution in [-0.4, -0.2) is 83.0 Å². The third-order valence-corrected chi connectivity index (χ3v) is 8.08. The van der Waals surface area contributed by atoms with Crippen molar-refractivity contribution in [3.8, 4) is 0 Å². The average Bonchev–Trinajstić information content (AvgIpc) is 3.04. The molecule has 0 bridgehead atoms. The first-order valence-electron chi connectivity index (χ1n) is 15.7. The van der Waals surface area contributed by atoms with Crippen molar-refractivity contribution in [1.82, 2.24) is 9.80 Å². The van der Waals surface area contributed by atoms with Gasteiger partial charge in [-0.05, 0) is 83.9 Å². The van der Waals surface area contributed by atoms with Gasteiger partial charge < -0.3 is 30.1 Å². The molecule has 0 fully saturated rings. The highest BCUT2D eigenvalue weighted by atomic mass is 16.4. The normalized spacial score (nSPS) is 15.5. The van der Waals surface area contributed by atoms with Crippen LogP contribution in [0.3, 0.4) is 0 Å². The second-order valence-corrected chi connectivity index (χ2v) is 11.4. The van der Waals surface area contributed by atoms with Crippen molar-refractivity contribution >= 4 is 30.7 Å². The van der Waals surface area contributed by atoms with Crippen LogP contribution in [0.5, 0.6) is 0 Å². The van der Waals surface area contributed by atoms with E-state index >= 15 is 0 Å². The first kappa shape index (κ1) is 36.2. The Kier molecular flexibility index (Phi) is 14.5. The molecule has 0 radical (unpaired) electrons. The van der Waals surface area contributed by atoms with Crippen LogP contribution in [0.1, 0.15) is 42.5 Å².